The second-order valence-electron chi connectivity index (χ2n) is 2.67. The molecule has 0 atom stereocenters. The first-order valence-electron chi connectivity index (χ1n) is 3.80. The van der Waals surface area contributed by atoms with Crippen molar-refractivity contribution in [1.82, 2.24) is 14.8 Å². The first-order valence-corrected chi connectivity index (χ1v) is 6.01. The van der Waals surface area contributed by atoms with E-state index in [1.54, 1.807) is 23.1 Å². The summed E-state index contributed by atoms with van der Waals surface area (Å²) in [4.78, 5) is 4.05. The third-order valence-electron chi connectivity index (χ3n) is 1.64. The van der Waals surface area contributed by atoms with Crippen LogP contribution in [0.3, 0.4) is 0 Å². The largest absolute Gasteiger partial charge is 0.220 e. The molecule has 7 heteroatoms. The van der Waals surface area contributed by atoms with E-state index < -0.39 is 0 Å². The predicted octanol–water partition coefficient (Wildman–Crippen LogP) is 3.83. The second-order valence-corrected chi connectivity index (χ2v) is 5.09. The highest BCUT2D eigenvalue weighted by Gasteiger charge is 2.10. The molecule has 2 heterocycles. The molecule has 0 radical (unpaired) electrons. The Morgan fingerprint density at radius 1 is 1.20 bits per heavy atom. The maximum Gasteiger partial charge on any atom is 0.173 e. The Morgan fingerprint density at radius 2 is 1.93 bits per heavy atom. The fourth-order valence-electron chi connectivity index (χ4n) is 1.01. The third kappa shape index (κ3) is 2.38. The van der Waals surface area contributed by atoms with Gasteiger partial charge in [0.25, 0.3) is 0 Å². The van der Waals surface area contributed by atoms with Crippen LogP contribution in [0.2, 0.25) is 15.2 Å². The Balaban J connectivity index is 2.58. The molecule has 0 aliphatic rings. The lowest BCUT2D eigenvalue weighted by Gasteiger charge is -2.04. The van der Waals surface area contributed by atoms with Crippen LogP contribution in [0, 0.1) is 3.57 Å². The van der Waals surface area contributed by atoms with E-state index >= 15 is 0 Å². The summed E-state index contributed by atoms with van der Waals surface area (Å²) in [5.74, 6) is 0.467. The molecule has 3 nitrogen and oxygen atoms in total. The van der Waals surface area contributed by atoms with E-state index in [0.29, 0.717) is 15.9 Å². The third-order valence-corrected chi connectivity index (χ3v) is 3.14. The van der Waals surface area contributed by atoms with Gasteiger partial charge in [-0.15, -0.1) is 0 Å². The Morgan fingerprint density at radius 3 is 2.53 bits per heavy atom. The number of hydrogen-bond donors (Lipinski definition) is 0. The minimum atomic E-state index is 0.210. The van der Waals surface area contributed by atoms with Gasteiger partial charge in [-0.05, 0) is 28.7 Å². The molecule has 0 saturated carbocycles. The molecule has 0 fully saturated rings. The van der Waals surface area contributed by atoms with Gasteiger partial charge >= 0.3 is 0 Å². The average molecular weight is 374 g/mol. The molecule has 78 valence electrons. The zero-order valence-electron chi connectivity index (χ0n) is 7.09. The van der Waals surface area contributed by atoms with Gasteiger partial charge in [-0.25, -0.2) is 9.67 Å². The molecule has 2 rings (SSSR count). The topological polar surface area (TPSA) is 30.7 Å². The first kappa shape index (κ1) is 11.4. The zero-order chi connectivity index (χ0) is 11.0. The highest BCUT2D eigenvalue weighted by Crippen LogP contribution is 2.27. The molecule has 2 aromatic heterocycles. The lowest BCUT2D eigenvalue weighted by molar-refractivity contribution is 0.847. The second kappa shape index (κ2) is 4.45. The molecule has 0 unspecified atom stereocenters. The number of rotatable bonds is 1. The van der Waals surface area contributed by atoms with E-state index in [9.17, 15) is 0 Å². The molecule has 0 aromatic carbocycles. The van der Waals surface area contributed by atoms with E-state index in [0.717, 1.165) is 3.57 Å². The van der Waals surface area contributed by atoms with Crippen molar-refractivity contribution < 1.29 is 0 Å². The summed E-state index contributed by atoms with van der Waals surface area (Å²) in [5, 5.41) is 5.02. The van der Waals surface area contributed by atoms with Crippen molar-refractivity contribution in [3.63, 3.8) is 0 Å². The molecule has 0 aliphatic carbocycles. The summed E-state index contributed by atoms with van der Waals surface area (Å²) < 4.78 is 2.53. The van der Waals surface area contributed by atoms with Crippen molar-refractivity contribution in [2.75, 3.05) is 0 Å². The molecule has 15 heavy (non-hydrogen) atoms. The number of hydrogen-bond acceptors (Lipinski definition) is 2. The van der Waals surface area contributed by atoms with Gasteiger partial charge in [-0.1, -0.05) is 34.8 Å². The summed E-state index contributed by atoms with van der Waals surface area (Å²) in [6, 6.07) is 1.54. The molecule has 0 aliphatic heterocycles. The van der Waals surface area contributed by atoms with Crippen molar-refractivity contribution in [3.05, 3.63) is 37.2 Å². The fraction of sp³-hybridized carbons (Fsp3) is 0. The van der Waals surface area contributed by atoms with Gasteiger partial charge in [0.05, 0.1) is 19.8 Å². The van der Waals surface area contributed by atoms with E-state index in [4.69, 9.17) is 34.8 Å². The van der Waals surface area contributed by atoms with Crippen LogP contribution >= 0.6 is 57.4 Å². The molecule has 0 bridgehead atoms. The van der Waals surface area contributed by atoms with Crippen LogP contribution in [0.4, 0.5) is 0 Å². The molecule has 0 saturated heterocycles. The number of pyridine rings is 1. The zero-order valence-corrected chi connectivity index (χ0v) is 11.5. The molecular formula is C8H3Cl3IN3. The van der Waals surface area contributed by atoms with E-state index in [1.807, 2.05) is 0 Å². The average Bonchev–Trinajstić information content (AvgIpc) is 2.58. The minimum Gasteiger partial charge on any atom is -0.220 e. The van der Waals surface area contributed by atoms with Gasteiger partial charge in [-0.3, -0.25) is 0 Å². The molecule has 0 amide bonds. The lowest BCUT2D eigenvalue weighted by Crippen LogP contribution is -1.99. The molecule has 2 aromatic rings. The maximum absolute atomic E-state index is 5.98. The number of nitrogens with zero attached hydrogens (tertiary/aromatic N) is 3. The Hall–Kier alpha value is -0.0400. The van der Waals surface area contributed by atoms with Crippen LogP contribution in [0.5, 0.6) is 0 Å². The summed E-state index contributed by atoms with van der Waals surface area (Å²) in [7, 11) is 0. The summed E-state index contributed by atoms with van der Waals surface area (Å²) in [6.07, 6.45) is 3.49. The Kier molecular flexibility index (Phi) is 3.39. The van der Waals surface area contributed by atoms with Crippen molar-refractivity contribution in [2.45, 2.75) is 0 Å². The van der Waals surface area contributed by atoms with Crippen LogP contribution in [0.15, 0.2) is 18.5 Å². The van der Waals surface area contributed by atoms with Gasteiger partial charge in [-0.2, -0.15) is 5.10 Å². The standard InChI is InChI=1S/C8H3Cl3IN3/c9-5-1-6(10)8(14-7(5)11)15-3-4(12)2-13-15/h1-3H. The number of aromatic nitrogens is 3. The summed E-state index contributed by atoms with van der Waals surface area (Å²) in [6.45, 7) is 0. The van der Waals surface area contributed by atoms with Crippen molar-refractivity contribution in [1.29, 1.82) is 0 Å². The Bertz CT molecular complexity index is 512. The van der Waals surface area contributed by atoms with Crippen LogP contribution < -0.4 is 0 Å². The van der Waals surface area contributed by atoms with E-state index in [-0.39, 0.29) is 5.15 Å². The summed E-state index contributed by atoms with van der Waals surface area (Å²) in [5.41, 5.74) is 0. The van der Waals surface area contributed by atoms with Crippen molar-refractivity contribution in [3.8, 4) is 5.82 Å². The minimum absolute atomic E-state index is 0.210. The van der Waals surface area contributed by atoms with Gasteiger partial charge in [0, 0.05) is 6.20 Å². The first-order chi connectivity index (χ1) is 7.08. The van der Waals surface area contributed by atoms with Crippen LogP contribution in [0.25, 0.3) is 5.82 Å². The fourth-order valence-corrected chi connectivity index (χ4v) is 1.98. The van der Waals surface area contributed by atoms with E-state index in [1.165, 1.54) is 0 Å². The predicted molar refractivity (Wildman–Crippen MR) is 69.1 cm³/mol. The quantitative estimate of drug-likeness (QED) is 0.561. The maximum atomic E-state index is 5.98. The normalized spacial score (nSPS) is 10.7. The van der Waals surface area contributed by atoms with Crippen molar-refractivity contribution >= 4 is 57.4 Å². The van der Waals surface area contributed by atoms with Crippen LogP contribution in [-0.2, 0) is 0 Å². The van der Waals surface area contributed by atoms with Gasteiger partial charge < -0.3 is 0 Å². The smallest absolute Gasteiger partial charge is 0.173 e. The van der Waals surface area contributed by atoms with Gasteiger partial charge in [0.1, 0.15) is 5.15 Å². The van der Waals surface area contributed by atoms with Gasteiger partial charge in [0.2, 0.25) is 0 Å². The lowest BCUT2D eigenvalue weighted by atomic mass is 10.4. The summed E-state index contributed by atoms with van der Waals surface area (Å²) >= 11 is 19.7. The van der Waals surface area contributed by atoms with Crippen LogP contribution in [0.1, 0.15) is 0 Å². The highest BCUT2D eigenvalue weighted by atomic mass is 127. The Labute approximate surface area is 114 Å². The molecule has 0 spiro atoms. The SMILES string of the molecule is Clc1cc(Cl)c(-n2cc(I)cn2)nc1Cl. The molecule has 0 N–H and O–H groups in total. The van der Waals surface area contributed by atoms with E-state index in [2.05, 4.69) is 32.7 Å². The van der Waals surface area contributed by atoms with Gasteiger partial charge in [0.15, 0.2) is 5.82 Å². The van der Waals surface area contributed by atoms with Crippen LogP contribution in [-0.4, -0.2) is 14.8 Å². The number of halogens is 4. The van der Waals surface area contributed by atoms with Crippen molar-refractivity contribution in [2.24, 2.45) is 0 Å². The highest BCUT2D eigenvalue weighted by molar-refractivity contribution is 14.1. The molecular weight excluding hydrogens is 371 g/mol. The monoisotopic (exact) mass is 373 g/mol.